The molecule has 2 aromatic heterocycles. The summed E-state index contributed by atoms with van der Waals surface area (Å²) in [5.74, 6) is 0.129. The second kappa shape index (κ2) is 6.71. The van der Waals surface area contributed by atoms with Crippen molar-refractivity contribution >= 4 is 16.9 Å². The Hall–Kier alpha value is -3.27. The number of benzene rings is 2. The van der Waals surface area contributed by atoms with Gasteiger partial charge in [0.25, 0.3) is 0 Å². The van der Waals surface area contributed by atoms with Crippen molar-refractivity contribution < 1.29 is 9.21 Å². The van der Waals surface area contributed by atoms with Crippen LogP contribution in [-0.2, 0) is 17.8 Å². The number of carbonyl (C=O) groups excluding carboxylic acids is 1. The SMILES string of the molecule is Cc1ccc2c(CC(=O)N3CCn4cccc4C3c3ccccc3)coc2c1. The zero-order valence-electron chi connectivity index (χ0n) is 15.8. The normalized spacial score (nSPS) is 16.3. The molecule has 5 rings (SSSR count). The first-order chi connectivity index (χ1) is 13.7. The van der Waals surface area contributed by atoms with Gasteiger partial charge in [-0.1, -0.05) is 42.5 Å². The van der Waals surface area contributed by atoms with Crippen molar-refractivity contribution in [3.05, 3.63) is 95.5 Å². The van der Waals surface area contributed by atoms with Gasteiger partial charge in [0.15, 0.2) is 0 Å². The van der Waals surface area contributed by atoms with E-state index in [1.165, 1.54) is 5.69 Å². The summed E-state index contributed by atoms with van der Waals surface area (Å²) >= 11 is 0. The van der Waals surface area contributed by atoms with Crippen LogP contribution in [0.1, 0.15) is 28.4 Å². The minimum absolute atomic E-state index is 0.0575. The lowest BCUT2D eigenvalue weighted by molar-refractivity contribution is -0.133. The Bertz CT molecular complexity index is 1140. The number of nitrogens with zero attached hydrogens (tertiary/aromatic N) is 2. The highest BCUT2D eigenvalue weighted by molar-refractivity contribution is 5.88. The topological polar surface area (TPSA) is 38.4 Å². The van der Waals surface area contributed by atoms with E-state index in [9.17, 15) is 4.79 Å². The van der Waals surface area contributed by atoms with Gasteiger partial charge in [-0.2, -0.15) is 0 Å². The molecule has 1 atom stereocenters. The maximum absolute atomic E-state index is 13.4. The van der Waals surface area contributed by atoms with Crippen LogP contribution in [0.3, 0.4) is 0 Å². The number of aryl methyl sites for hydroxylation is 1. The van der Waals surface area contributed by atoms with Gasteiger partial charge in [-0.25, -0.2) is 0 Å². The number of furan rings is 1. The largest absolute Gasteiger partial charge is 0.464 e. The zero-order valence-corrected chi connectivity index (χ0v) is 15.8. The van der Waals surface area contributed by atoms with Crippen LogP contribution < -0.4 is 0 Å². The molecule has 2 aromatic carbocycles. The Morgan fingerprint density at radius 3 is 2.79 bits per heavy atom. The van der Waals surface area contributed by atoms with E-state index in [-0.39, 0.29) is 11.9 Å². The number of fused-ring (bicyclic) bond motifs is 2. The van der Waals surface area contributed by atoms with Gasteiger partial charge in [-0.05, 0) is 36.2 Å². The van der Waals surface area contributed by atoms with Gasteiger partial charge in [-0.3, -0.25) is 4.79 Å². The van der Waals surface area contributed by atoms with E-state index >= 15 is 0 Å². The summed E-state index contributed by atoms with van der Waals surface area (Å²) in [5.41, 5.74) is 5.25. The van der Waals surface area contributed by atoms with Crippen LogP contribution in [0.25, 0.3) is 11.0 Å². The fourth-order valence-corrected chi connectivity index (χ4v) is 4.23. The molecule has 0 aliphatic carbocycles. The first-order valence-electron chi connectivity index (χ1n) is 9.67. The Kier molecular flexibility index (Phi) is 4.05. The Morgan fingerprint density at radius 2 is 1.93 bits per heavy atom. The van der Waals surface area contributed by atoms with Gasteiger partial charge in [0.1, 0.15) is 5.58 Å². The Balaban J connectivity index is 1.49. The highest BCUT2D eigenvalue weighted by Gasteiger charge is 2.32. The molecule has 4 aromatic rings. The predicted molar refractivity (Wildman–Crippen MR) is 109 cm³/mol. The summed E-state index contributed by atoms with van der Waals surface area (Å²) in [7, 11) is 0. The van der Waals surface area contributed by atoms with Crippen molar-refractivity contribution in [2.45, 2.75) is 25.9 Å². The van der Waals surface area contributed by atoms with E-state index in [1.807, 2.05) is 42.2 Å². The van der Waals surface area contributed by atoms with E-state index in [1.54, 1.807) is 6.26 Å². The van der Waals surface area contributed by atoms with Gasteiger partial charge in [0.2, 0.25) is 5.91 Å². The van der Waals surface area contributed by atoms with Crippen LogP contribution in [0.15, 0.2) is 77.5 Å². The second-order valence-corrected chi connectivity index (χ2v) is 7.46. The van der Waals surface area contributed by atoms with Gasteiger partial charge in [-0.15, -0.1) is 0 Å². The highest BCUT2D eigenvalue weighted by Crippen LogP contribution is 2.33. The third kappa shape index (κ3) is 2.82. The van der Waals surface area contributed by atoms with E-state index in [0.29, 0.717) is 13.0 Å². The minimum Gasteiger partial charge on any atom is -0.464 e. The summed E-state index contributed by atoms with van der Waals surface area (Å²) in [5, 5.41) is 1.02. The third-order valence-corrected chi connectivity index (χ3v) is 5.63. The van der Waals surface area contributed by atoms with Crippen molar-refractivity contribution in [3.63, 3.8) is 0 Å². The molecule has 0 bridgehead atoms. The lowest BCUT2D eigenvalue weighted by Crippen LogP contribution is -2.43. The maximum atomic E-state index is 13.4. The number of carbonyl (C=O) groups is 1. The monoisotopic (exact) mass is 370 g/mol. The smallest absolute Gasteiger partial charge is 0.228 e. The van der Waals surface area contributed by atoms with Gasteiger partial charge in [0.05, 0.1) is 18.7 Å². The molecule has 3 heterocycles. The molecular formula is C24H22N2O2. The highest BCUT2D eigenvalue weighted by atomic mass is 16.3. The van der Waals surface area contributed by atoms with E-state index in [2.05, 4.69) is 41.1 Å². The summed E-state index contributed by atoms with van der Waals surface area (Å²) < 4.78 is 7.95. The van der Waals surface area contributed by atoms with Crippen molar-refractivity contribution in [1.29, 1.82) is 0 Å². The molecule has 0 saturated heterocycles. The molecule has 1 unspecified atom stereocenters. The van der Waals surface area contributed by atoms with Crippen molar-refractivity contribution in [3.8, 4) is 0 Å². The lowest BCUT2D eigenvalue weighted by Gasteiger charge is -2.37. The lowest BCUT2D eigenvalue weighted by atomic mass is 9.99. The predicted octanol–water partition coefficient (Wildman–Crippen LogP) is 4.72. The molecule has 0 radical (unpaired) electrons. The van der Waals surface area contributed by atoms with E-state index in [4.69, 9.17) is 4.42 Å². The molecule has 0 fully saturated rings. The summed E-state index contributed by atoms with van der Waals surface area (Å²) in [4.78, 5) is 15.4. The van der Waals surface area contributed by atoms with Gasteiger partial charge < -0.3 is 13.9 Å². The molecule has 4 nitrogen and oxygen atoms in total. The molecule has 0 spiro atoms. The number of aromatic nitrogens is 1. The fraction of sp³-hybridized carbons (Fsp3) is 0.208. The van der Waals surface area contributed by atoms with Crippen molar-refractivity contribution in [2.24, 2.45) is 0 Å². The van der Waals surface area contributed by atoms with Crippen LogP contribution in [-0.4, -0.2) is 21.9 Å². The second-order valence-electron chi connectivity index (χ2n) is 7.46. The number of rotatable bonds is 3. The number of hydrogen-bond donors (Lipinski definition) is 0. The number of amides is 1. The third-order valence-electron chi connectivity index (χ3n) is 5.63. The molecule has 4 heteroatoms. The van der Waals surface area contributed by atoms with Crippen molar-refractivity contribution in [1.82, 2.24) is 9.47 Å². The molecule has 140 valence electrons. The van der Waals surface area contributed by atoms with Gasteiger partial charge >= 0.3 is 0 Å². The van der Waals surface area contributed by atoms with Crippen LogP contribution in [0.2, 0.25) is 0 Å². The zero-order chi connectivity index (χ0) is 19.1. The minimum atomic E-state index is -0.0575. The summed E-state index contributed by atoms with van der Waals surface area (Å²) in [6, 6.07) is 20.5. The maximum Gasteiger partial charge on any atom is 0.228 e. The van der Waals surface area contributed by atoms with E-state index in [0.717, 1.165) is 34.2 Å². The molecule has 0 N–H and O–H groups in total. The quantitative estimate of drug-likeness (QED) is 0.523. The first kappa shape index (κ1) is 16.9. The summed E-state index contributed by atoms with van der Waals surface area (Å²) in [6.07, 6.45) is 4.17. The molecule has 28 heavy (non-hydrogen) atoms. The molecular weight excluding hydrogens is 348 g/mol. The van der Waals surface area contributed by atoms with Crippen LogP contribution >= 0.6 is 0 Å². The number of hydrogen-bond acceptors (Lipinski definition) is 2. The standard InChI is InChI=1S/C24H22N2O2/c1-17-9-10-20-19(16-28-22(20)14-17)15-23(27)26-13-12-25-11-5-8-21(25)24(26)18-6-3-2-4-7-18/h2-11,14,16,24H,12-13,15H2,1H3. The van der Waals surface area contributed by atoms with Crippen LogP contribution in [0.5, 0.6) is 0 Å². The molecule has 1 aliphatic rings. The molecule has 0 saturated carbocycles. The average molecular weight is 370 g/mol. The first-order valence-corrected chi connectivity index (χ1v) is 9.67. The van der Waals surface area contributed by atoms with Crippen LogP contribution in [0, 0.1) is 6.92 Å². The Labute approximate surface area is 164 Å². The molecule has 1 amide bonds. The van der Waals surface area contributed by atoms with Crippen LogP contribution in [0.4, 0.5) is 0 Å². The fourth-order valence-electron chi connectivity index (χ4n) is 4.23. The van der Waals surface area contributed by atoms with E-state index < -0.39 is 0 Å². The molecule has 1 aliphatic heterocycles. The average Bonchev–Trinajstić information content (AvgIpc) is 3.34. The van der Waals surface area contributed by atoms with Gasteiger partial charge in [0, 0.05) is 35.9 Å². The van der Waals surface area contributed by atoms with Crippen molar-refractivity contribution in [2.75, 3.05) is 6.54 Å². The summed E-state index contributed by atoms with van der Waals surface area (Å²) in [6.45, 7) is 3.57. The Morgan fingerprint density at radius 1 is 1.07 bits per heavy atom.